The van der Waals surface area contributed by atoms with Gasteiger partial charge in [-0.05, 0) is 19.3 Å². The smallest absolute Gasteiger partial charge is 0.306 e. The van der Waals surface area contributed by atoms with Gasteiger partial charge in [-0.3, -0.25) is 14.2 Å². The van der Waals surface area contributed by atoms with Gasteiger partial charge in [0, 0.05) is 12.8 Å². The van der Waals surface area contributed by atoms with Gasteiger partial charge in [0.2, 0.25) is 5.82 Å². The van der Waals surface area contributed by atoms with Crippen LogP contribution in [0, 0.1) is 5.92 Å². The van der Waals surface area contributed by atoms with Gasteiger partial charge in [0.15, 0.2) is 13.6 Å². The van der Waals surface area contributed by atoms with E-state index in [0.29, 0.717) is 19.3 Å². The lowest BCUT2D eigenvalue weighted by molar-refractivity contribution is -0.141. The third-order valence-corrected chi connectivity index (χ3v) is 5.80. The number of hydrogen-bond acceptors (Lipinski definition) is 7. The quantitative estimate of drug-likeness (QED) is 0.611. The Morgan fingerprint density at radius 3 is 2.88 bits per heavy atom. The Labute approximate surface area is 145 Å². The predicted molar refractivity (Wildman–Crippen MR) is 87.5 cm³/mol. The van der Waals surface area contributed by atoms with Crippen molar-refractivity contribution in [2.24, 2.45) is 11.7 Å². The summed E-state index contributed by atoms with van der Waals surface area (Å²) in [7, 11) is -2.88. The van der Waals surface area contributed by atoms with E-state index in [2.05, 4.69) is 10.1 Å². The van der Waals surface area contributed by atoms with Crippen LogP contribution >= 0.6 is 7.37 Å². The summed E-state index contributed by atoms with van der Waals surface area (Å²) in [4.78, 5) is 25.6. The van der Waals surface area contributed by atoms with Crippen molar-refractivity contribution in [3.05, 3.63) is 12.2 Å². The van der Waals surface area contributed by atoms with E-state index in [0.717, 1.165) is 0 Å². The van der Waals surface area contributed by atoms with Crippen molar-refractivity contribution in [2.75, 3.05) is 19.4 Å². The lowest BCUT2D eigenvalue weighted by atomic mass is 10.1. The molecule has 25 heavy (non-hydrogen) atoms. The first kappa shape index (κ1) is 19.6. The van der Waals surface area contributed by atoms with Crippen LogP contribution in [0.25, 0.3) is 0 Å². The maximum Gasteiger partial charge on any atom is 0.306 e. The van der Waals surface area contributed by atoms with Crippen LogP contribution in [0.15, 0.2) is 6.33 Å². The lowest BCUT2D eigenvalue weighted by Gasteiger charge is -2.18. The molecule has 0 saturated carbocycles. The normalized spacial score (nSPS) is 23.9. The van der Waals surface area contributed by atoms with Gasteiger partial charge in [-0.15, -0.1) is 5.10 Å². The molecule has 1 fully saturated rings. The molecule has 0 aromatic carbocycles. The highest BCUT2D eigenvalue weighted by atomic mass is 31.2. The molecule has 1 aromatic rings. The summed E-state index contributed by atoms with van der Waals surface area (Å²) < 4.78 is 25.1. The number of nitrogens with two attached hydrogens (primary N) is 1. The number of hydrogen-bond donors (Lipinski definition) is 2. The molecule has 11 heteroatoms. The molecule has 0 bridgehead atoms. The Bertz CT molecular complexity index is 678. The van der Waals surface area contributed by atoms with Gasteiger partial charge in [-0.25, -0.2) is 9.67 Å². The molecule has 0 aliphatic carbocycles. The predicted octanol–water partition coefficient (Wildman–Crippen LogP) is 1.09. The van der Waals surface area contributed by atoms with Crippen molar-refractivity contribution in [3.8, 4) is 0 Å². The Hall–Kier alpha value is -1.77. The number of amides is 1. The molecule has 1 unspecified atom stereocenters. The summed E-state index contributed by atoms with van der Waals surface area (Å²) in [6.45, 7) is 3.24. The van der Waals surface area contributed by atoms with E-state index in [9.17, 15) is 14.2 Å². The second kappa shape index (κ2) is 8.07. The molecule has 0 radical (unpaired) electrons. The fourth-order valence-corrected chi connectivity index (χ4v) is 3.85. The van der Waals surface area contributed by atoms with Crippen LogP contribution in [0.1, 0.15) is 43.0 Å². The largest absolute Gasteiger partial charge is 0.481 e. The average molecular weight is 374 g/mol. The van der Waals surface area contributed by atoms with Crippen molar-refractivity contribution in [3.63, 3.8) is 0 Å². The minimum atomic E-state index is -2.88. The number of primary amides is 1. The van der Waals surface area contributed by atoms with Crippen LogP contribution in [-0.2, 0) is 18.6 Å². The van der Waals surface area contributed by atoms with Crippen molar-refractivity contribution in [1.82, 2.24) is 14.8 Å². The second-order valence-electron chi connectivity index (χ2n) is 6.26. The molecule has 1 aromatic heterocycles. The maximum atomic E-state index is 12.4. The summed E-state index contributed by atoms with van der Waals surface area (Å²) in [6.07, 6.45) is 2.59. The van der Waals surface area contributed by atoms with Crippen LogP contribution in [0.3, 0.4) is 0 Å². The fraction of sp³-hybridized carbons (Fsp3) is 0.714. The topological polar surface area (TPSA) is 147 Å². The van der Waals surface area contributed by atoms with Crippen LogP contribution in [0.2, 0.25) is 0 Å². The molecule has 0 spiro atoms. The van der Waals surface area contributed by atoms with Crippen LogP contribution in [0.4, 0.5) is 0 Å². The van der Waals surface area contributed by atoms with Gasteiger partial charge in [-0.1, -0.05) is 6.92 Å². The van der Waals surface area contributed by atoms with E-state index in [-0.39, 0.29) is 30.9 Å². The van der Waals surface area contributed by atoms with Gasteiger partial charge >= 0.3 is 5.97 Å². The molecule has 1 amide bonds. The molecule has 140 valence electrons. The molecule has 2 heterocycles. The van der Waals surface area contributed by atoms with Gasteiger partial charge < -0.3 is 20.1 Å². The zero-order valence-corrected chi connectivity index (χ0v) is 15.1. The number of carbonyl (C=O) groups excluding carboxylic acids is 1. The monoisotopic (exact) mass is 374 g/mol. The molecule has 1 aliphatic heterocycles. The first-order valence-electron chi connectivity index (χ1n) is 7.98. The average Bonchev–Trinajstić information content (AvgIpc) is 3.19. The van der Waals surface area contributed by atoms with Crippen LogP contribution in [0.5, 0.6) is 0 Å². The number of aliphatic carboxylic acids is 1. The summed E-state index contributed by atoms with van der Waals surface area (Å²) in [6, 6.07) is 0. The van der Waals surface area contributed by atoms with E-state index in [1.807, 2.05) is 0 Å². The van der Waals surface area contributed by atoms with Crippen molar-refractivity contribution in [2.45, 2.75) is 38.5 Å². The second-order valence-corrected chi connectivity index (χ2v) is 9.00. The third-order valence-electron chi connectivity index (χ3n) is 4.03. The van der Waals surface area contributed by atoms with Crippen molar-refractivity contribution in [1.29, 1.82) is 0 Å². The number of aromatic nitrogens is 3. The summed E-state index contributed by atoms with van der Waals surface area (Å²) in [5.41, 5.74) is 5.11. The molecule has 1 aliphatic rings. The van der Waals surface area contributed by atoms with E-state index in [4.69, 9.17) is 20.1 Å². The highest BCUT2D eigenvalue weighted by Gasteiger charge is 2.30. The van der Waals surface area contributed by atoms with Crippen LogP contribution < -0.4 is 5.73 Å². The highest BCUT2D eigenvalue weighted by molar-refractivity contribution is 7.58. The number of carbonyl (C=O) groups is 2. The number of carboxylic acids is 1. The van der Waals surface area contributed by atoms with Gasteiger partial charge in [-0.2, -0.15) is 0 Å². The lowest BCUT2D eigenvalue weighted by Crippen LogP contribution is -2.18. The molecular formula is C14H23N4O6P. The van der Waals surface area contributed by atoms with Crippen LogP contribution in [-0.4, -0.2) is 57.3 Å². The van der Waals surface area contributed by atoms with Gasteiger partial charge in [0.05, 0.1) is 18.6 Å². The molecule has 2 rings (SSSR count). The first-order chi connectivity index (χ1) is 11.7. The highest BCUT2D eigenvalue weighted by Crippen LogP contribution is 2.44. The molecule has 10 nitrogen and oxygen atoms in total. The Morgan fingerprint density at radius 2 is 2.28 bits per heavy atom. The zero-order chi connectivity index (χ0) is 18.6. The Morgan fingerprint density at radius 1 is 1.56 bits per heavy atom. The fourth-order valence-electron chi connectivity index (χ4n) is 2.39. The van der Waals surface area contributed by atoms with Crippen molar-refractivity contribution >= 4 is 19.2 Å². The third kappa shape index (κ3) is 5.62. The number of ether oxygens (including phenoxy) is 1. The molecular weight excluding hydrogens is 351 g/mol. The van der Waals surface area contributed by atoms with Gasteiger partial charge in [0.1, 0.15) is 6.33 Å². The summed E-state index contributed by atoms with van der Waals surface area (Å²) >= 11 is 0. The van der Waals surface area contributed by atoms with E-state index in [1.54, 1.807) is 6.92 Å². The Balaban J connectivity index is 1.79. The minimum Gasteiger partial charge on any atom is -0.481 e. The van der Waals surface area contributed by atoms with Crippen molar-refractivity contribution < 1.29 is 28.5 Å². The number of rotatable bonds is 9. The van der Waals surface area contributed by atoms with Gasteiger partial charge in [0.25, 0.3) is 5.91 Å². The molecule has 1 saturated heterocycles. The molecule has 3 N–H and O–H groups in total. The number of carboxylic acid groups (broad SMARTS) is 1. The SMILES string of the molecule is C[C@H](CCP(C)(=O)OC[C@@H]1CC[C@H](n2cnc(C(N)=O)n2)O1)C(=O)O. The number of nitrogens with zero attached hydrogens (tertiary/aromatic N) is 3. The zero-order valence-electron chi connectivity index (χ0n) is 14.2. The van der Waals surface area contributed by atoms with E-state index in [1.165, 1.54) is 17.7 Å². The Kier molecular flexibility index (Phi) is 6.31. The maximum absolute atomic E-state index is 12.4. The standard InChI is InChI=1S/C14H23N4O6P/c1-9(14(20)21)5-6-25(2,22)23-7-10-3-4-11(24-10)18-8-16-13(17-18)12(15)19/h8-11H,3-7H2,1-2H3,(H2,15,19)(H,20,21)/t9-,10+,11-,25?/m1/s1. The minimum absolute atomic E-state index is 0.0751. The molecule has 4 atom stereocenters. The first-order valence-corrected chi connectivity index (χ1v) is 10.2. The summed E-state index contributed by atoms with van der Waals surface area (Å²) in [5.74, 6) is -2.26. The van der Waals surface area contributed by atoms with E-state index >= 15 is 0 Å². The van der Waals surface area contributed by atoms with E-state index < -0.39 is 25.2 Å². The summed E-state index contributed by atoms with van der Waals surface area (Å²) in [5, 5.41) is 12.8.